The van der Waals surface area contributed by atoms with Crippen molar-refractivity contribution in [2.45, 2.75) is 31.1 Å². The van der Waals surface area contributed by atoms with Crippen LogP contribution < -0.4 is 9.80 Å². The van der Waals surface area contributed by atoms with Crippen molar-refractivity contribution in [3.05, 3.63) is 168 Å². The Morgan fingerprint density at radius 2 is 0.909 bits per heavy atom. The third-order valence-corrected chi connectivity index (χ3v) is 9.84. The van der Waals surface area contributed by atoms with Gasteiger partial charge in [0.2, 0.25) is 0 Å². The number of halogens is 1. The van der Waals surface area contributed by atoms with E-state index in [4.69, 9.17) is 11.6 Å². The Morgan fingerprint density at radius 3 is 1.48 bits per heavy atom. The quantitative estimate of drug-likeness (QED) is 0.191. The van der Waals surface area contributed by atoms with E-state index < -0.39 is 0 Å². The van der Waals surface area contributed by atoms with Gasteiger partial charge < -0.3 is 9.80 Å². The van der Waals surface area contributed by atoms with Gasteiger partial charge in [0.1, 0.15) is 0 Å². The lowest BCUT2D eigenvalue weighted by atomic mass is 9.76. The van der Waals surface area contributed by atoms with Gasteiger partial charge in [-0.05, 0) is 95.8 Å². The molecule has 0 aliphatic heterocycles. The molecule has 0 saturated heterocycles. The molecule has 0 atom stereocenters. The Labute approximate surface area is 264 Å². The molecule has 0 N–H and O–H groups in total. The van der Waals surface area contributed by atoms with Gasteiger partial charge in [-0.3, -0.25) is 0 Å². The summed E-state index contributed by atoms with van der Waals surface area (Å²) in [6, 6.07) is 54.0. The van der Waals surface area contributed by atoms with Crippen molar-refractivity contribution in [2.24, 2.45) is 0 Å². The van der Waals surface area contributed by atoms with Crippen molar-refractivity contribution in [1.29, 1.82) is 0 Å². The SMILES string of the molecule is Clc1c(N(c2ccccc2)c2ccccc2)cccc1N(c1ccccc1)c1ccc2c(c1)C1(CCCC1)c1ccccc1-2. The van der Waals surface area contributed by atoms with Crippen molar-refractivity contribution in [3.8, 4) is 11.1 Å². The Morgan fingerprint density at radius 1 is 0.432 bits per heavy atom. The molecule has 0 amide bonds. The standard InChI is InChI=1S/C41H33ClN2/c42-40-38(43(30-15-4-1-5-16-30)31-17-6-2-7-18-31)23-14-24-39(40)44(32-19-8-3-9-20-32)33-25-26-35-34-21-10-11-22-36(34)41(37(35)29-33)27-12-13-28-41/h1-11,14-26,29H,12-13,27-28H2. The van der Waals surface area contributed by atoms with Crippen molar-refractivity contribution in [3.63, 3.8) is 0 Å². The minimum atomic E-state index is 0.0906. The predicted octanol–water partition coefficient (Wildman–Crippen LogP) is 12.1. The molecule has 0 bridgehead atoms. The summed E-state index contributed by atoms with van der Waals surface area (Å²) in [4.78, 5) is 4.56. The van der Waals surface area contributed by atoms with Crippen LogP contribution in [0.2, 0.25) is 5.02 Å². The number of nitrogens with zero attached hydrogens (tertiary/aromatic N) is 2. The Kier molecular flexibility index (Phi) is 6.73. The minimum absolute atomic E-state index is 0.0906. The molecule has 6 aromatic rings. The summed E-state index contributed by atoms with van der Waals surface area (Å²) in [6.45, 7) is 0. The summed E-state index contributed by atoms with van der Waals surface area (Å²) in [6.07, 6.45) is 4.93. The monoisotopic (exact) mass is 588 g/mol. The van der Waals surface area contributed by atoms with Gasteiger partial charge in [-0.1, -0.05) is 115 Å². The van der Waals surface area contributed by atoms with Gasteiger partial charge in [-0.25, -0.2) is 0 Å². The minimum Gasteiger partial charge on any atom is -0.309 e. The molecule has 0 heterocycles. The molecular weight excluding hydrogens is 556 g/mol. The maximum Gasteiger partial charge on any atom is 0.0887 e. The number of hydrogen-bond acceptors (Lipinski definition) is 2. The first-order valence-corrected chi connectivity index (χ1v) is 15.9. The number of rotatable bonds is 6. The fourth-order valence-electron chi connectivity index (χ4n) is 7.54. The van der Waals surface area contributed by atoms with Crippen LogP contribution in [0, 0.1) is 0 Å². The fraction of sp³-hybridized carbons (Fsp3) is 0.122. The zero-order valence-electron chi connectivity index (χ0n) is 24.5. The lowest BCUT2D eigenvalue weighted by Gasteiger charge is -2.32. The number of benzene rings is 6. The highest BCUT2D eigenvalue weighted by Gasteiger charge is 2.45. The molecule has 214 valence electrons. The van der Waals surface area contributed by atoms with Crippen LogP contribution in [0.15, 0.2) is 152 Å². The van der Waals surface area contributed by atoms with Crippen LogP contribution in [-0.4, -0.2) is 0 Å². The van der Waals surface area contributed by atoms with Crippen molar-refractivity contribution in [2.75, 3.05) is 9.80 Å². The third kappa shape index (κ3) is 4.32. The second-order valence-corrected chi connectivity index (χ2v) is 12.2. The van der Waals surface area contributed by atoms with Gasteiger partial charge in [0.25, 0.3) is 0 Å². The van der Waals surface area contributed by atoms with Crippen LogP contribution >= 0.6 is 11.6 Å². The molecule has 1 spiro atoms. The molecule has 2 nitrogen and oxygen atoms in total. The maximum absolute atomic E-state index is 7.53. The smallest absolute Gasteiger partial charge is 0.0887 e. The summed E-state index contributed by atoms with van der Waals surface area (Å²) in [5.74, 6) is 0. The average Bonchev–Trinajstić information content (AvgIpc) is 3.69. The predicted molar refractivity (Wildman–Crippen MR) is 186 cm³/mol. The van der Waals surface area contributed by atoms with Crippen LogP contribution in [0.1, 0.15) is 36.8 Å². The molecule has 2 aliphatic carbocycles. The van der Waals surface area contributed by atoms with Crippen molar-refractivity contribution >= 4 is 45.7 Å². The van der Waals surface area contributed by atoms with Crippen LogP contribution in [0.4, 0.5) is 34.1 Å². The number of hydrogen-bond donors (Lipinski definition) is 0. The molecule has 2 aliphatic rings. The zero-order chi connectivity index (χ0) is 29.5. The molecule has 3 heteroatoms. The molecule has 0 radical (unpaired) electrons. The van der Waals surface area contributed by atoms with E-state index in [0.29, 0.717) is 5.02 Å². The van der Waals surface area contributed by atoms with Gasteiger partial charge in [-0.2, -0.15) is 0 Å². The van der Waals surface area contributed by atoms with E-state index >= 15 is 0 Å². The van der Waals surface area contributed by atoms with Crippen LogP contribution in [0.25, 0.3) is 11.1 Å². The van der Waals surface area contributed by atoms with Gasteiger partial charge in [0.05, 0.1) is 16.4 Å². The van der Waals surface area contributed by atoms with E-state index in [0.717, 1.165) is 34.1 Å². The molecule has 0 unspecified atom stereocenters. The van der Waals surface area contributed by atoms with Gasteiger partial charge in [-0.15, -0.1) is 0 Å². The van der Waals surface area contributed by atoms with Crippen LogP contribution in [0.3, 0.4) is 0 Å². The fourth-order valence-corrected chi connectivity index (χ4v) is 7.83. The summed E-state index contributed by atoms with van der Waals surface area (Å²) in [5, 5.41) is 0.698. The first-order chi connectivity index (χ1) is 21.7. The summed E-state index contributed by atoms with van der Waals surface area (Å²) in [7, 11) is 0. The Bertz CT molecular complexity index is 1890. The maximum atomic E-state index is 7.53. The van der Waals surface area contributed by atoms with E-state index in [1.165, 1.54) is 47.9 Å². The van der Waals surface area contributed by atoms with Crippen molar-refractivity contribution in [1.82, 2.24) is 0 Å². The summed E-state index contributed by atoms with van der Waals surface area (Å²) < 4.78 is 0. The second-order valence-electron chi connectivity index (χ2n) is 11.9. The van der Waals surface area contributed by atoms with E-state index in [1.54, 1.807) is 0 Å². The summed E-state index contributed by atoms with van der Waals surface area (Å²) in [5.41, 5.74) is 12.0. The lowest BCUT2D eigenvalue weighted by Crippen LogP contribution is -2.21. The first kappa shape index (κ1) is 26.8. The van der Waals surface area contributed by atoms with Crippen LogP contribution in [0.5, 0.6) is 0 Å². The molecule has 44 heavy (non-hydrogen) atoms. The third-order valence-electron chi connectivity index (χ3n) is 9.45. The molecule has 0 aromatic heterocycles. The second kappa shape index (κ2) is 11.0. The Balaban J connectivity index is 1.32. The van der Waals surface area contributed by atoms with Gasteiger partial charge in [0, 0.05) is 28.2 Å². The van der Waals surface area contributed by atoms with E-state index in [-0.39, 0.29) is 5.41 Å². The summed E-state index contributed by atoms with van der Waals surface area (Å²) >= 11 is 7.53. The molecule has 1 saturated carbocycles. The van der Waals surface area contributed by atoms with Gasteiger partial charge >= 0.3 is 0 Å². The molecule has 1 fully saturated rings. The average molecular weight is 589 g/mol. The molecule has 8 rings (SSSR count). The number of anilines is 6. The zero-order valence-corrected chi connectivity index (χ0v) is 25.3. The van der Waals surface area contributed by atoms with E-state index in [9.17, 15) is 0 Å². The lowest BCUT2D eigenvalue weighted by molar-refractivity contribution is 0.550. The number of fused-ring (bicyclic) bond motifs is 5. The van der Waals surface area contributed by atoms with Gasteiger partial charge in [0.15, 0.2) is 0 Å². The number of para-hydroxylation sites is 3. The first-order valence-electron chi connectivity index (χ1n) is 15.5. The topological polar surface area (TPSA) is 6.48 Å². The Hall–Kier alpha value is -4.79. The normalized spacial score (nSPS) is 14.3. The highest BCUT2D eigenvalue weighted by molar-refractivity contribution is 6.36. The van der Waals surface area contributed by atoms with E-state index in [2.05, 4.69) is 149 Å². The largest absolute Gasteiger partial charge is 0.309 e. The highest BCUT2D eigenvalue weighted by atomic mass is 35.5. The van der Waals surface area contributed by atoms with E-state index in [1.807, 2.05) is 12.1 Å². The molecular formula is C41H33ClN2. The molecule has 6 aromatic carbocycles. The van der Waals surface area contributed by atoms with Crippen LogP contribution in [-0.2, 0) is 5.41 Å². The highest BCUT2D eigenvalue weighted by Crippen LogP contribution is 2.58. The van der Waals surface area contributed by atoms with Crippen molar-refractivity contribution < 1.29 is 0 Å².